The summed E-state index contributed by atoms with van der Waals surface area (Å²) in [5, 5.41) is 5.40. The molecule has 0 fully saturated rings. The lowest BCUT2D eigenvalue weighted by molar-refractivity contribution is -0.114. The van der Waals surface area contributed by atoms with Crippen molar-refractivity contribution in [2.75, 3.05) is 10.6 Å². The zero-order valence-corrected chi connectivity index (χ0v) is 11.2. The van der Waals surface area contributed by atoms with E-state index in [0.29, 0.717) is 22.6 Å². The second-order valence-electron chi connectivity index (χ2n) is 4.23. The van der Waals surface area contributed by atoms with Gasteiger partial charge in [0.1, 0.15) is 6.33 Å². The highest BCUT2D eigenvalue weighted by Gasteiger charge is 2.10. The molecule has 0 aliphatic rings. The number of hydrogen-bond acceptors (Lipinski definition) is 4. The van der Waals surface area contributed by atoms with E-state index in [4.69, 9.17) is 0 Å². The third-order valence-electron chi connectivity index (χ3n) is 2.62. The van der Waals surface area contributed by atoms with E-state index in [1.54, 1.807) is 31.2 Å². The van der Waals surface area contributed by atoms with Crippen molar-refractivity contribution in [2.24, 2.45) is 0 Å². The SMILES string of the molecule is CC(=O)Nc1ccc(NC(=O)c2cncnc2C)cc1. The van der Waals surface area contributed by atoms with Crippen LogP contribution < -0.4 is 10.6 Å². The lowest BCUT2D eigenvalue weighted by atomic mass is 10.2. The first kappa shape index (κ1) is 13.7. The third-order valence-corrected chi connectivity index (χ3v) is 2.62. The molecule has 2 aromatic rings. The molecule has 0 aliphatic heterocycles. The van der Waals surface area contributed by atoms with Gasteiger partial charge in [0.2, 0.25) is 5.91 Å². The number of aryl methyl sites for hydroxylation is 1. The van der Waals surface area contributed by atoms with Crippen molar-refractivity contribution in [1.82, 2.24) is 9.97 Å². The smallest absolute Gasteiger partial charge is 0.259 e. The minimum Gasteiger partial charge on any atom is -0.326 e. The van der Waals surface area contributed by atoms with Crippen LogP contribution in [0.2, 0.25) is 0 Å². The summed E-state index contributed by atoms with van der Waals surface area (Å²) in [6, 6.07) is 6.85. The van der Waals surface area contributed by atoms with Gasteiger partial charge in [-0.25, -0.2) is 9.97 Å². The van der Waals surface area contributed by atoms with Gasteiger partial charge < -0.3 is 10.6 Å². The fraction of sp³-hybridized carbons (Fsp3) is 0.143. The highest BCUT2D eigenvalue weighted by atomic mass is 16.2. The van der Waals surface area contributed by atoms with Crippen LogP contribution in [0.25, 0.3) is 0 Å². The number of aromatic nitrogens is 2. The highest BCUT2D eigenvalue weighted by Crippen LogP contribution is 2.15. The average molecular weight is 270 g/mol. The molecule has 102 valence electrons. The Hall–Kier alpha value is -2.76. The van der Waals surface area contributed by atoms with Crippen molar-refractivity contribution >= 4 is 23.2 Å². The summed E-state index contributed by atoms with van der Waals surface area (Å²) >= 11 is 0. The van der Waals surface area contributed by atoms with Crippen molar-refractivity contribution < 1.29 is 9.59 Å². The fourth-order valence-electron chi connectivity index (χ4n) is 1.65. The number of hydrogen-bond donors (Lipinski definition) is 2. The molecule has 0 saturated carbocycles. The van der Waals surface area contributed by atoms with Crippen LogP contribution >= 0.6 is 0 Å². The Morgan fingerprint density at radius 2 is 1.65 bits per heavy atom. The topological polar surface area (TPSA) is 84.0 Å². The van der Waals surface area contributed by atoms with Crippen LogP contribution in [-0.2, 0) is 4.79 Å². The van der Waals surface area contributed by atoms with Crippen LogP contribution in [-0.4, -0.2) is 21.8 Å². The summed E-state index contributed by atoms with van der Waals surface area (Å²) in [6.45, 7) is 3.18. The molecule has 0 saturated heterocycles. The Balaban J connectivity index is 2.09. The van der Waals surface area contributed by atoms with Crippen molar-refractivity contribution in [3.8, 4) is 0 Å². The van der Waals surface area contributed by atoms with Crippen LogP contribution in [0.1, 0.15) is 23.0 Å². The van der Waals surface area contributed by atoms with Gasteiger partial charge >= 0.3 is 0 Å². The molecule has 6 nitrogen and oxygen atoms in total. The van der Waals surface area contributed by atoms with Gasteiger partial charge in [0.15, 0.2) is 0 Å². The quantitative estimate of drug-likeness (QED) is 0.893. The van der Waals surface area contributed by atoms with Gasteiger partial charge in [0.25, 0.3) is 5.91 Å². The summed E-state index contributed by atoms with van der Waals surface area (Å²) in [7, 11) is 0. The molecule has 0 atom stereocenters. The predicted molar refractivity (Wildman–Crippen MR) is 75.5 cm³/mol. The van der Waals surface area contributed by atoms with Gasteiger partial charge in [-0.05, 0) is 31.2 Å². The maximum absolute atomic E-state index is 12.0. The molecular weight excluding hydrogens is 256 g/mol. The van der Waals surface area contributed by atoms with E-state index in [0.717, 1.165) is 0 Å². The van der Waals surface area contributed by atoms with Gasteiger partial charge in [-0.1, -0.05) is 0 Å². The molecule has 0 aliphatic carbocycles. The Morgan fingerprint density at radius 1 is 1.05 bits per heavy atom. The predicted octanol–water partition coefficient (Wildman–Crippen LogP) is 2.00. The molecule has 0 bridgehead atoms. The van der Waals surface area contributed by atoms with Crippen LogP contribution in [0.3, 0.4) is 0 Å². The molecular formula is C14H14N4O2. The number of carbonyl (C=O) groups excluding carboxylic acids is 2. The van der Waals surface area contributed by atoms with E-state index >= 15 is 0 Å². The molecule has 1 aromatic carbocycles. The highest BCUT2D eigenvalue weighted by molar-refractivity contribution is 6.04. The Labute approximate surface area is 116 Å². The number of rotatable bonds is 3. The Kier molecular flexibility index (Phi) is 4.05. The van der Waals surface area contributed by atoms with Crippen LogP contribution in [0.5, 0.6) is 0 Å². The zero-order valence-electron chi connectivity index (χ0n) is 11.2. The molecule has 0 spiro atoms. The standard InChI is InChI=1S/C14H14N4O2/c1-9-13(7-15-8-16-9)14(20)18-12-5-3-11(4-6-12)17-10(2)19/h3-8H,1-2H3,(H,17,19)(H,18,20). The number of nitrogens with zero attached hydrogens (tertiary/aromatic N) is 2. The van der Waals surface area contributed by atoms with Gasteiger partial charge in [0, 0.05) is 24.5 Å². The largest absolute Gasteiger partial charge is 0.326 e. The van der Waals surface area contributed by atoms with Gasteiger partial charge in [-0.15, -0.1) is 0 Å². The molecule has 20 heavy (non-hydrogen) atoms. The van der Waals surface area contributed by atoms with E-state index in [2.05, 4.69) is 20.6 Å². The molecule has 0 radical (unpaired) electrons. The fourth-order valence-corrected chi connectivity index (χ4v) is 1.65. The van der Waals surface area contributed by atoms with Crippen molar-refractivity contribution in [1.29, 1.82) is 0 Å². The number of nitrogens with one attached hydrogen (secondary N) is 2. The van der Waals surface area contributed by atoms with Crippen molar-refractivity contribution in [3.05, 3.63) is 48.0 Å². The monoisotopic (exact) mass is 270 g/mol. The molecule has 2 rings (SSSR count). The molecule has 1 heterocycles. The summed E-state index contributed by atoms with van der Waals surface area (Å²) in [6.07, 6.45) is 2.87. The van der Waals surface area contributed by atoms with Gasteiger partial charge in [0.05, 0.1) is 11.3 Å². The molecule has 2 amide bonds. The summed E-state index contributed by atoms with van der Waals surface area (Å²) in [4.78, 5) is 30.7. The first-order valence-electron chi connectivity index (χ1n) is 6.02. The summed E-state index contributed by atoms with van der Waals surface area (Å²) in [5.41, 5.74) is 2.35. The molecule has 6 heteroatoms. The normalized spacial score (nSPS) is 9.90. The van der Waals surface area contributed by atoms with E-state index in [9.17, 15) is 9.59 Å². The van der Waals surface area contributed by atoms with Gasteiger partial charge in [-0.2, -0.15) is 0 Å². The average Bonchev–Trinajstić information content (AvgIpc) is 2.41. The second kappa shape index (κ2) is 5.92. The molecule has 0 unspecified atom stereocenters. The van der Waals surface area contributed by atoms with E-state index in [1.807, 2.05) is 0 Å². The van der Waals surface area contributed by atoms with Crippen LogP contribution in [0, 0.1) is 6.92 Å². The van der Waals surface area contributed by atoms with Crippen LogP contribution in [0.15, 0.2) is 36.8 Å². The molecule has 1 aromatic heterocycles. The van der Waals surface area contributed by atoms with Crippen molar-refractivity contribution in [2.45, 2.75) is 13.8 Å². The zero-order chi connectivity index (χ0) is 14.5. The van der Waals surface area contributed by atoms with E-state index in [1.165, 1.54) is 19.4 Å². The maximum Gasteiger partial charge on any atom is 0.259 e. The first-order chi connectivity index (χ1) is 9.56. The van der Waals surface area contributed by atoms with E-state index < -0.39 is 0 Å². The number of anilines is 2. The summed E-state index contributed by atoms with van der Waals surface area (Å²) in [5.74, 6) is -0.408. The minimum absolute atomic E-state index is 0.140. The minimum atomic E-state index is -0.268. The molecule has 2 N–H and O–H groups in total. The number of benzene rings is 1. The maximum atomic E-state index is 12.0. The summed E-state index contributed by atoms with van der Waals surface area (Å²) < 4.78 is 0. The first-order valence-corrected chi connectivity index (χ1v) is 6.02. The van der Waals surface area contributed by atoms with Crippen molar-refractivity contribution in [3.63, 3.8) is 0 Å². The number of amides is 2. The Bertz CT molecular complexity index is 638. The third kappa shape index (κ3) is 3.38. The lowest BCUT2D eigenvalue weighted by Crippen LogP contribution is -2.14. The lowest BCUT2D eigenvalue weighted by Gasteiger charge is -2.07. The van der Waals surface area contributed by atoms with E-state index in [-0.39, 0.29) is 11.8 Å². The second-order valence-corrected chi connectivity index (χ2v) is 4.23. The Morgan fingerprint density at radius 3 is 2.20 bits per heavy atom. The number of carbonyl (C=O) groups is 2. The van der Waals surface area contributed by atoms with Crippen LogP contribution in [0.4, 0.5) is 11.4 Å². The van der Waals surface area contributed by atoms with Gasteiger partial charge in [-0.3, -0.25) is 9.59 Å².